The third-order valence-corrected chi connectivity index (χ3v) is 3.93. The Hall–Kier alpha value is -0.477. The summed E-state index contributed by atoms with van der Waals surface area (Å²) in [6, 6.07) is 0. The van der Waals surface area contributed by atoms with Crippen LogP contribution in [0.2, 0.25) is 0 Å². The molecule has 0 aliphatic carbocycles. The van der Waals surface area contributed by atoms with Gasteiger partial charge in [-0.25, -0.2) is 0 Å². The third kappa shape index (κ3) is 2.53. The number of hydrogen-bond acceptors (Lipinski definition) is 2. The van der Waals surface area contributed by atoms with Gasteiger partial charge in [-0.15, -0.1) is 0 Å². The van der Waals surface area contributed by atoms with Crippen LogP contribution in [0, 0.1) is 0 Å². The summed E-state index contributed by atoms with van der Waals surface area (Å²) in [6.07, 6.45) is 5.84. The fourth-order valence-electron chi connectivity index (χ4n) is 0.532. The molecule has 2 nitrogen and oxygen atoms in total. The van der Waals surface area contributed by atoms with Crippen molar-refractivity contribution in [3.63, 3.8) is 0 Å². The van der Waals surface area contributed by atoms with Crippen LogP contribution in [0.4, 0.5) is 0 Å². The molecule has 3 heteroatoms. The van der Waals surface area contributed by atoms with Crippen LogP contribution >= 0.6 is 0 Å². The molecule has 0 spiro atoms. The molecule has 48 valence electrons. The van der Waals surface area contributed by atoms with Crippen molar-refractivity contribution >= 4 is 23.9 Å². The van der Waals surface area contributed by atoms with E-state index in [0.29, 0.717) is 0 Å². The van der Waals surface area contributed by atoms with Gasteiger partial charge in [0, 0.05) is 0 Å². The van der Waals surface area contributed by atoms with Crippen LogP contribution in [0.15, 0.2) is 23.1 Å². The number of hydrogen-bond donors (Lipinski definition) is 1. The van der Waals surface area contributed by atoms with Crippen LogP contribution in [0.5, 0.6) is 0 Å². The standard InChI is InChI=1S/C6H6GeO.H3N/c8-6-7-4-2-1-3-5-7;/h1-6H;1H3. The molecule has 0 unspecified atom stereocenters. The van der Waals surface area contributed by atoms with E-state index in [9.17, 15) is 4.79 Å². The molecule has 0 aromatic rings. The van der Waals surface area contributed by atoms with E-state index in [1.165, 1.54) is 0 Å². The van der Waals surface area contributed by atoms with Crippen LogP contribution in [0.25, 0.3) is 0 Å². The molecule has 3 N–H and O–H groups in total. The predicted molar refractivity (Wildman–Crippen MR) is 41.9 cm³/mol. The second-order valence-electron chi connectivity index (χ2n) is 1.53. The fourth-order valence-corrected chi connectivity index (χ4v) is 2.49. The first-order valence-electron chi connectivity index (χ1n) is 2.44. The molecule has 0 saturated heterocycles. The fraction of sp³-hybridized carbons (Fsp3) is 0. The summed E-state index contributed by atoms with van der Waals surface area (Å²) in [5, 5.41) is 1.08. The Morgan fingerprint density at radius 2 is 2.00 bits per heavy atom. The van der Waals surface area contributed by atoms with E-state index in [0.717, 1.165) is 5.12 Å². The topological polar surface area (TPSA) is 52.1 Å². The van der Waals surface area contributed by atoms with Gasteiger partial charge in [0.05, 0.1) is 0 Å². The van der Waals surface area contributed by atoms with Gasteiger partial charge in [-0.05, 0) is 0 Å². The summed E-state index contributed by atoms with van der Waals surface area (Å²) in [7, 11) is 0. The first-order chi connectivity index (χ1) is 3.93. The Labute approximate surface area is 58.5 Å². The van der Waals surface area contributed by atoms with Crippen molar-refractivity contribution in [2.24, 2.45) is 0 Å². The maximum absolute atomic E-state index is 10.1. The molecule has 0 aromatic carbocycles. The zero-order chi connectivity index (χ0) is 5.82. The van der Waals surface area contributed by atoms with Gasteiger partial charge in [-0.1, -0.05) is 0 Å². The molecule has 0 atom stereocenters. The molecule has 1 aliphatic heterocycles. The first kappa shape index (κ1) is 8.52. The number of carbonyl (C=O) groups excluding carboxylic acids is 1. The molecule has 9 heavy (non-hydrogen) atoms. The minimum absolute atomic E-state index is 0. The molecular formula is C6H9GeNO. The van der Waals surface area contributed by atoms with Gasteiger partial charge in [-0.3, -0.25) is 0 Å². The molecule has 1 heterocycles. The van der Waals surface area contributed by atoms with Gasteiger partial charge in [0.1, 0.15) is 0 Å². The third-order valence-electron chi connectivity index (χ3n) is 0.936. The zero-order valence-electron chi connectivity index (χ0n) is 5.08. The first-order valence-corrected chi connectivity index (χ1v) is 6.07. The van der Waals surface area contributed by atoms with Crippen molar-refractivity contribution in [2.75, 3.05) is 0 Å². The predicted octanol–water partition coefficient (Wildman–Crippen LogP) is 0.464. The summed E-state index contributed by atoms with van der Waals surface area (Å²) in [6.45, 7) is 0. The quantitative estimate of drug-likeness (QED) is 0.475. The van der Waals surface area contributed by atoms with Crippen LogP contribution in [0.1, 0.15) is 0 Å². The van der Waals surface area contributed by atoms with E-state index in [-0.39, 0.29) is 6.15 Å². The van der Waals surface area contributed by atoms with Gasteiger partial charge < -0.3 is 6.15 Å². The van der Waals surface area contributed by atoms with Crippen molar-refractivity contribution in [1.29, 1.82) is 0 Å². The van der Waals surface area contributed by atoms with Crippen molar-refractivity contribution in [3.05, 3.63) is 23.1 Å². The van der Waals surface area contributed by atoms with Crippen molar-refractivity contribution in [1.82, 2.24) is 6.15 Å². The molecule has 0 radical (unpaired) electrons. The molecule has 1 aliphatic rings. The average molecular weight is 184 g/mol. The van der Waals surface area contributed by atoms with E-state index >= 15 is 0 Å². The van der Waals surface area contributed by atoms with E-state index in [2.05, 4.69) is 0 Å². The van der Waals surface area contributed by atoms with Gasteiger partial charge in [0.2, 0.25) is 0 Å². The van der Waals surface area contributed by atoms with E-state index in [4.69, 9.17) is 0 Å². The SMILES string of the molecule is N.O=[CH][Ge]1=[CH]C=CC=[CH]1. The molecule has 0 saturated carbocycles. The van der Waals surface area contributed by atoms with E-state index in [1.54, 1.807) is 0 Å². The summed E-state index contributed by atoms with van der Waals surface area (Å²) in [5.41, 5.74) is 0. The molecule has 0 bridgehead atoms. The van der Waals surface area contributed by atoms with Crippen LogP contribution < -0.4 is 6.15 Å². The number of rotatable bonds is 1. The summed E-state index contributed by atoms with van der Waals surface area (Å²) < 4.78 is 0. The molecular weight excluding hydrogens is 175 g/mol. The van der Waals surface area contributed by atoms with Gasteiger partial charge in [0.25, 0.3) is 0 Å². The van der Waals surface area contributed by atoms with Crippen molar-refractivity contribution in [2.45, 2.75) is 0 Å². The Morgan fingerprint density at radius 3 is 2.33 bits per heavy atom. The average Bonchev–Trinajstić information content (AvgIpc) is 1.90. The van der Waals surface area contributed by atoms with Gasteiger partial charge in [0.15, 0.2) is 0 Å². The van der Waals surface area contributed by atoms with E-state index in [1.807, 2.05) is 28.0 Å². The van der Waals surface area contributed by atoms with Gasteiger partial charge >= 0.3 is 51.8 Å². The number of allylic oxidation sites excluding steroid dienone is 3. The minimum atomic E-state index is -1.42. The molecule has 0 aromatic heterocycles. The summed E-state index contributed by atoms with van der Waals surface area (Å²) in [4.78, 5) is 14.2. The van der Waals surface area contributed by atoms with Crippen LogP contribution in [-0.2, 0) is 4.79 Å². The van der Waals surface area contributed by atoms with E-state index < -0.39 is 13.9 Å². The number of carbonyl (C=O) groups is 1. The normalized spacial score (nSPS) is 14.0. The van der Waals surface area contributed by atoms with Crippen LogP contribution in [-0.4, -0.2) is 23.9 Å². The molecule has 1 rings (SSSR count). The Bertz CT molecular complexity index is 181. The Kier molecular flexibility index (Phi) is 4.17. The summed E-state index contributed by atoms with van der Waals surface area (Å²) in [5.74, 6) is 0. The Balaban J connectivity index is 0.000000640. The van der Waals surface area contributed by atoms with Crippen molar-refractivity contribution in [3.8, 4) is 0 Å². The second kappa shape index (κ2) is 4.41. The molecule has 0 fully saturated rings. The van der Waals surface area contributed by atoms with Gasteiger partial charge in [-0.2, -0.15) is 0 Å². The van der Waals surface area contributed by atoms with Crippen LogP contribution in [0.3, 0.4) is 0 Å². The second-order valence-corrected chi connectivity index (χ2v) is 5.52. The molecule has 0 amide bonds. The van der Waals surface area contributed by atoms with Crippen molar-refractivity contribution < 1.29 is 4.79 Å². The Morgan fingerprint density at radius 1 is 1.22 bits per heavy atom. The zero-order valence-corrected chi connectivity index (χ0v) is 7.18. The maximum atomic E-state index is 10.1. The monoisotopic (exact) mass is 185 g/mol. The summed E-state index contributed by atoms with van der Waals surface area (Å²) >= 11 is -1.42.